The smallest absolute Gasteiger partial charge is 0.238 e. The van der Waals surface area contributed by atoms with Crippen LogP contribution in [-0.4, -0.2) is 36.3 Å². The van der Waals surface area contributed by atoms with E-state index in [1.807, 2.05) is 4.90 Å². The molecule has 3 rings (SSSR count). The lowest BCUT2D eigenvalue weighted by Crippen LogP contribution is -2.43. The average Bonchev–Trinajstić information content (AvgIpc) is 2.71. The van der Waals surface area contributed by atoms with Crippen molar-refractivity contribution in [1.82, 2.24) is 10.2 Å². The molecule has 5 nitrogen and oxygen atoms in total. The monoisotopic (exact) mass is 455 g/mol. The van der Waals surface area contributed by atoms with Gasteiger partial charge in [0.1, 0.15) is 11.6 Å². The van der Waals surface area contributed by atoms with E-state index in [0.29, 0.717) is 41.7 Å². The predicted octanol–water partition coefficient (Wildman–Crippen LogP) is 4.24. The third-order valence-corrected chi connectivity index (χ3v) is 5.77. The number of benzene rings is 2. The zero-order chi connectivity index (χ0) is 21.7. The second-order valence-electron chi connectivity index (χ2n) is 7.15. The Morgan fingerprint density at radius 3 is 2.33 bits per heavy atom. The van der Waals surface area contributed by atoms with Gasteiger partial charge < -0.3 is 10.6 Å². The molecule has 1 saturated heterocycles. The second kappa shape index (κ2) is 10.2. The van der Waals surface area contributed by atoms with Gasteiger partial charge in [-0.1, -0.05) is 29.3 Å². The van der Waals surface area contributed by atoms with E-state index in [2.05, 4.69) is 10.6 Å². The number of nitrogens with zero attached hydrogens (tertiary/aromatic N) is 1. The van der Waals surface area contributed by atoms with Crippen molar-refractivity contribution in [3.8, 4) is 0 Å². The van der Waals surface area contributed by atoms with Crippen molar-refractivity contribution in [2.45, 2.75) is 19.4 Å². The van der Waals surface area contributed by atoms with E-state index < -0.39 is 11.6 Å². The van der Waals surface area contributed by atoms with Crippen LogP contribution in [0.1, 0.15) is 18.4 Å². The molecule has 1 fully saturated rings. The maximum atomic E-state index is 13.7. The van der Waals surface area contributed by atoms with Gasteiger partial charge in [0, 0.05) is 23.7 Å². The van der Waals surface area contributed by atoms with Crippen LogP contribution in [0.4, 0.5) is 14.5 Å². The largest absolute Gasteiger partial charge is 0.352 e. The Kier molecular flexibility index (Phi) is 7.64. The predicted molar refractivity (Wildman–Crippen MR) is 112 cm³/mol. The second-order valence-corrected chi connectivity index (χ2v) is 7.96. The molecule has 0 radical (unpaired) electrons. The van der Waals surface area contributed by atoms with Gasteiger partial charge in [-0.3, -0.25) is 14.5 Å². The first-order chi connectivity index (χ1) is 14.3. The lowest BCUT2D eigenvalue weighted by Gasteiger charge is -2.30. The Morgan fingerprint density at radius 1 is 1.03 bits per heavy atom. The number of likely N-dealkylation sites (tertiary alicyclic amines) is 1. The molecule has 2 N–H and O–H groups in total. The number of amides is 2. The van der Waals surface area contributed by atoms with Gasteiger partial charge in [-0.15, -0.1) is 0 Å². The summed E-state index contributed by atoms with van der Waals surface area (Å²) >= 11 is 11.8. The highest BCUT2D eigenvalue weighted by atomic mass is 35.5. The third-order valence-electron chi connectivity index (χ3n) is 5.03. The van der Waals surface area contributed by atoms with E-state index in [0.717, 1.165) is 12.1 Å². The van der Waals surface area contributed by atoms with E-state index in [4.69, 9.17) is 23.2 Å². The lowest BCUT2D eigenvalue weighted by molar-refractivity contribution is -0.126. The van der Waals surface area contributed by atoms with E-state index >= 15 is 0 Å². The van der Waals surface area contributed by atoms with Crippen LogP contribution in [0.25, 0.3) is 0 Å². The first-order valence-corrected chi connectivity index (χ1v) is 10.3. The van der Waals surface area contributed by atoms with Crippen LogP contribution in [0.15, 0.2) is 36.4 Å². The van der Waals surface area contributed by atoms with Crippen LogP contribution in [0.3, 0.4) is 0 Å². The van der Waals surface area contributed by atoms with E-state index in [1.54, 1.807) is 18.2 Å². The molecule has 2 amide bonds. The summed E-state index contributed by atoms with van der Waals surface area (Å²) in [7, 11) is 0. The number of anilines is 1. The fourth-order valence-electron chi connectivity index (χ4n) is 3.35. The number of carbonyl (C=O) groups is 2. The van der Waals surface area contributed by atoms with Crippen LogP contribution in [-0.2, 0) is 16.1 Å². The molecule has 0 unspecified atom stereocenters. The van der Waals surface area contributed by atoms with Crippen molar-refractivity contribution in [2.24, 2.45) is 5.92 Å². The maximum Gasteiger partial charge on any atom is 0.238 e. The Morgan fingerprint density at radius 2 is 1.70 bits per heavy atom. The molecule has 30 heavy (non-hydrogen) atoms. The quantitative estimate of drug-likeness (QED) is 0.684. The van der Waals surface area contributed by atoms with Gasteiger partial charge in [0.25, 0.3) is 0 Å². The Labute approximate surface area is 183 Å². The molecule has 2 aromatic carbocycles. The maximum absolute atomic E-state index is 13.7. The highest BCUT2D eigenvalue weighted by Gasteiger charge is 2.26. The summed E-state index contributed by atoms with van der Waals surface area (Å²) < 4.78 is 27.3. The molecule has 0 spiro atoms. The van der Waals surface area contributed by atoms with Crippen molar-refractivity contribution in [3.05, 3.63) is 63.6 Å². The number of halogens is 4. The molecule has 0 atom stereocenters. The highest BCUT2D eigenvalue weighted by Crippen LogP contribution is 2.25. The van der Waals surface area contributed by atoms with Crippen molar-refractivity contribution >= 4 is 40.7 Å². The normalized spacial score (nSPS) is 15.1. The Hall–Kier alpha value is -2.22. The summed E-state index contributed by atoms with van der Waals surface area (Å²) in [5.41, 5.74) is 0.409. The Bertz CT molecular complexity index is 914. The number of nitrogens with one attached hydrogen (secondary N) is 2. The minimum absolute atomic E-state index is 0.151. The van der Waals surface area contributed by atoms with Gasteiger partial charge in [-0.2, -0.15) is 0 Å². The van der Waals surface area contributed by atoms with Crippen molar-refractivity contribution < 1.29 is 18.4 Å². The molecule has 2 aromatic rings. The molecule has 0 aromatic heterocycles. The van der Waals surface area contributed by atoms with Gasteiger partial charge in [0.15, 0.2) is 0 Å². The third kappa shape index (κ3) is 5.90. The first-order valence-electron chi connectivity index (χ1n) is 9.51. The molecular weight excluding hydrogens is 435 g/mol. The van der Waals surface area contributed by atoms with Crippen molar-refractivity contribution in [1.29, 1.82) is 0 Å². The SMILES string of the molecule is O=C(CN1CCC(C(=O)NCc2c(F)cccc2F)CC1)Nc1ccc(Cl)c(Cl)c1. The lowest BCUT2D eigenvalue weighted by atomic mass is 9.95. The molecule has 0 aliphatic carbocycles. The molecular formula is C21H21Cl2F2N3O2. The standard InChI is InChI=1S/C21H21Cl2F2N3O2/c22-16-5-4-14(10-17(16)23)27-20(29)12-28-8-6-13(7-9-28)21(30)26-11-15-18(24)2-1-3-19(15)25/h1-5,10,13H,6-9,11-12H2,(H,26,30)(H,27,29). The summed E-state index contributed by atoms with van der Waals surface area (Å²) in [5.74, 6) is -2.05. The zero-order valence-electron chi connectivity index (χ0n) is 16.1. The minimum Gasteiger partial charge on any atom is -0.352 e. The zero-order valence-corrected chi connectivity index (χ0v) is 17.6. The number of piperidine rings is 1. The van der Waals surface area contributed by atoms with Crippen LogP contribution in [0.5, 0.6) is 0 Å². The van der Waals surface area contributed by atoms with Crippen LogP contribution >= 0.6 is 23.2 Å². The van der Waals surface area contributed by atoms with Gasteiger partial charge in [-0.05, 0) is 56.3 Å². The molecule has 0 saturated carbocycles. The molecule has 1 heterocycles. The number of rotatable bonds is 6. The molecule has 160 valence electrons. The summed E-state index contributed by atoms with van der Waals surface area (Å²) in [6.07, 6.45) is 1.12. The van der Waals surface area contributed by atoms with E-state index in [-0.39, 0.29) is 36.4 Å². The minimum atomic E-state index is -0.682. The number of carbonyl (C=O) groups excluding carboxylic acids is 2. The number of hydrogen-bond donors (Lipinski definition) is 2. The van der Waals surface area contributed by atoms with E-state index in [1.165, 1.54) is 6.07 Å². The average molecular weight is 456 g/mol. The first kappa shape index (κ1) is 22.5. The fourth-order valence-corrected chi connectivity index (χ4v) is 3.65. The summed E-state index contributed by atoms with van der Waals surface area (Å²) in [4.78, 5) is 26.5. The molecule has 9 heteroatoms. The highest BCUT2D eigenvalue weighted by molar-refractivity contribution is 6.42. The van der Waals surface area contributed by atoms with Crippen LogP contribution in [0, 0.1) is 17.6 Å². The van der Waals surface area contributed by atoms with Crippen molar-refractivity contribution in [2.75, 3.05) is 25.0 Å². The van der Waals surface area contributed by atoms with Crippen molar-refractivity contribution in [3.63, 3.8) is 0 Å². The van der Waals surface area contributed by atoms with Gasteiger partial charge in [0.2, 0.25) is 11.8 Å². The van der Waals surface area contributed by atoms with Gasteiger partial charge in [0.05, 0.1) is 16.6 Å². The summed E-state index contributed by atoms with van der Waals surface area (Å²) in [6, 6.07) is 8.45. The van der Waals surface area contributed by atoms with E-state index in [9.17, 15) is 18.4 Å². The summed E-state index contributed by atoms with van der Waals surface area (Å²) in [5, 5.41) is 6.14. The molecule has 1 aliphatic heterocycles. The van der Waals surface area contributed by atoms with Crippen LogP contribution < -0.4 is 10.6 Å². The van der Waals surface area contributed by atoms with Crippen LogP contribution in [0.2, 0.25) is 10.0 Å². The molecule has 0 bridgehead atoms. The molecule has 1 aliphatic rings. The fraction of sp³-hybridized carbons (Fsp3) is 0.333. The number of hydrogen-bond acceptors (Lipinski definition) is 3. The Balaban J connectivity index is 1.43. The van der Waals surface area contributed by atoms with Gasteiger partial charge >= 0.3 is 0 Å². The topological polar surface area (TPSA) is 61.4 Å². The summed E-state index contributed by atoms with van der Waals surface area (Å²) in [6.45, 7) is 1.14. The van der Waals surface area contributed by atoms with Gasteiger partial charge in [-0.25, -0.2) is 8.78 Å².